The lowest BCUT2D eigenvalue weighted by atomic mass is 10.0. The van der Waals surface area contributed by atoms with E-state index in [1.807, 2.05) is 0 Å². The summed E-state index contributed by atoms with van der Waals surface area (Å²) in [7, 11) is 0. The molecule has 0 unspecified atom stereocenters. The molecule has 0 bridgehead atoms. The third kappa shape index (κ3) is 2.68. The van der Waals surface area contributed by atoms with Crippen molar-refractivity contribution in [3.05, 3.63) is 34.9 Å². The minimum Gasteiger partial charge on any atom is -0.349 e. The van der Waals surface area contributed by atoms with Gasteiger partial charge in [0.05, 0.1) is 6.04 Å². The van der Waals surface area contributed by atoms with Crippen LogP contribution in [0, 0.1) is 25.7 Å². The van der Waals surface area contributed by atoms with Gasteiger partial charge in [-0.25, -0.2) is 0 Å². The first-order valence-corrected chi connectivity index (χ1v) is 6.36. The molecule has 1 fully saturated rings. The zero-order chi connectivity index (χ0) is 12.6. The molecule has 1 aromatic carbocycles. The fourth-order valence-corrected chi connectivity index (χ4v) is 2.13. The number of hydrogen-bond acceptors (Lipinski definition) is 1. The summed E-state index contributed by atoms with van der Waals surface area (Å²) in [5.74, 6) is 1.04. The monoisotopic (exact) mass is 231 g/mol. The van der Waals surface area contributed by atoms with Crippen LogP contribution in [-0.4, -0.2) is 5.91 Å². The molecule has 1 aliphatic carbocycles. The maximum atomic E-state index is 11.8. The molecule has 0 heterocycles. The molecule has 0 aliphatic heterocycles. The van der Waals surface area contributed by atoms with Gasteiger partial charge in [0, 0.05) is 5.92 Å². The van der Waals surface area contributed by atoms with Crippen molar-refractivity contribution < 1.29 is 4.79 Å². The molecule has 2 heteroatoms. The van der Waals surface area contributed by atoms with E-state index in [-0.39, 0.29) is 17.9 Å². The van der Waals surface area contributed by atoms with Crippen molar-refractivity contribution in [1.29, 1.82) is 0 Å². The predicted octanol–water partition coefficient (Wildman–Crippen LogP) is 3.14. The second-order valence-corrected chi connectivity index (χ2v) is 5.39. The molecule has 1 aliphatic rings. The maximum Gasteiger partial charge on any atom is 0.223 e. The van der Waals surface area contributed by atoms with E-state index in [9.17, 15) is 4.79 Å². The average molecular weight is 231 g/mol. The Morgan fingerprint density at radius 2 is 2.00 bits per heavy atom. The molecular formula is C15H21NO. The van der Waals surface area contributed by atoms with Crippen LogP contribution in [0.3, 0.4) is 0 Å². The first-order valence-electron chi connectivity index (χ1n) is 6.36. The smallest absolute Gasteiger partial charge is 0.223 e. The van der Waals surface area contributed by atoms with Crippen molar-refractivity contribution in [3.8, 4) is 0 Å². The minimum atomic E-state index is 0.106. The van der Waals surface area contributed by atoms with Gasteiger partial charge in [0.1, 0.15) is 0 Å². The lowest BCUT2D eigenvalue weighted by Gasteiger charge is -2.15. The van der Waals surface area contributed by atoms with Crippen LogP contribution in [0.15, 0.2) is 18.2 Å². The van der Waals surface area contributed by atoms with Crippen molar-refractivity contribution in [2.24, 2.45) is 11.8 Å². The fourth-order valence-electron chi connectivity index (χ4n) is 2.13. The molecule has 1 aromatic rings. The zero-order valence-corrected chi connectivity index (χ0v) is 11.1. The Morgan fingerprint density at radius 3 is 2.53 bits per heavy atom. The lowest BCUT2D eigenvalue weighted by molar-refractivity contribution is -0.123. The van der Waals surface area contributed by atoms with Gasteiger partial charge in [-0.1, -0.05) is 25.1 Å². The van der Waals surface area contributed by atoms with Crippen LogP contribution in [0.25, 0.3) is 0 Å². The highest BCUT2D eigenvalue weighted by Gasteiger charge is 2.39. The number of amides is 1. The first kappa shape index (κ1) is 12.2. The van der Waals surface area contributed by atoms with Gasteiger partial charge in [-0.2, -0.15) is 0 Å². The highest BCUT2D eigenvalue weighted by molar-refractivity contribution is 5.81. The van der Waals surface area contributed by atoms with Gasteiger partial charge in [0.15, 0.2) is 0 Å². The Bertz CT molecular complexity index is 439. The molecule has 0 saturated heterocycles. The van der Waals surface area contributed by atoms with E-state index >= 15 is 0 Å². The van der Waals surface area contributed by atoms with Crippen molar-refractivity contribution in [2.45, 2.75) is 40.2 Å². The summed E-state index contributed by atoms with van der Waals surface area (Å²) in [6.07, 6.45) is 1.05. The highest BCUT2D eigenvalue weighted by atomic mass is 16.2. The molecule has 1 amide bonds. The van der Waals surface area contributed by atoms with Gasteiger partial charge in [-0.05, 0) is 49.8 Å². The van der Waals surface area contributed by atoms with Crippen molar-refractivity contribution in [2.75, 3.05) is 0 Å². The molecule has 92 valence electrons. The molecule has 1 saturated carbocycles. The normalized spacial score (nSPS) is 24.2. The number of carbonyl (C=O) groups is 1. The van der Waals surface area contributed by atoms with Crippen LogP contribution in [0.2, 0.25) is 0 Å². The van der Waals surface area contributed by atoms with E-state index in [1.165, 1.54) is 16.7 Å². The predicted molar refractivity (Wildman–Crippen MR) is 69.7 cm³/mol. The number of rotatable bonds is 3. The average Bonchev–Trinajstić information content (AvgIpc) is 2.99. The minimum absolute atomic E-state index is 0.106. The Hall–Kier alpha value is -1.31. The van der Waals surface area contributed by atoms with Gasteiger partial charge in [0.2, 0.25) is 5.91 Å². The Kier molecular flexibility index (Phi) is 3.23. The largest absolute Gasteiger partial charge is 0.349 e. The summed E-state index contributed by atoms with van der Waals surface area (Å²) >= 11 is 0. The molecule has 2 rings (SSSR count). The van der Waals surface area contributed by atoms with E-state index in [0.717, 1.165) is 6.42 Å². The van der Waals surface area contributed by atoms with Crippen LogP contribution >= 0.6 is 0 Å². The fraction of sp³-hybridized carbons (Fsp3) is 0.533. The second kappa shape index (κ2) is 4.52. The topological polar surface area (TPSA) is 29.1 Å². The van der Waals surface area contributed by atoms with Crippen LogP contribution in [0.1, 0.15) is 43.0 Å². The van der Waals surface area contributed by atoms with Gasteiger partial charge in [-0.3, -0.25) is 4.79 Å². The van der Waals surface area contributed by atoms with Crippen LogP contribution < -0.4 is 5.32 Å². The van der Waals surface area contributed by atoms with E-state index < -0.39 is 0 Å². The Morgan fingerprint density at radius 1 is 1.35 bits per heavy atom. The van der Waals surface area contributed by atoms with Gasteiger partial charge in [-0.15, -0.1) is 0 Å². The maximum absolute atomic E-state index is 11.8. The summed E-state index contributed by atoms with van der Waals surface area (Å²) < 4.78 is 0. The highest BCUT2D eigenvalue weighted by Crippen LogP contribution is 2.38. The zero-order valence-electron chi connectivity index (χ0n) is 11.1. The van der Waals surface area contributed by atoms with Crippen molar-refractivity contribution in [1.82, 2.24) is 5.32 Å². The van der Waals surface area contributed by atoms with E-state index in [1.54, 1.807) is 0 Å². The van der Waals surface area contributed by atoms with Crippen LogP contribution in [0.5, 0.6) is 0 Å². The quantitative estimate of drug-likeness (QED) is 0.850. The summed E-state index contributed by atoms with van der Waals surface area (Å²) in [5, 5.41) is 3.10. The lowest BCUT2D eigenvalue weighted by Crippen LogP contribution is -2.28. The summed E-state index contributed by atoms with van der Waals surface area (Å²) in [6.45, 7) is 8.39. The van der Waals surface area contributed by atoms with Gasteiger partial charge < -0.3 is 5.32 Å². The summed E-state index contributed by atoms with van der Waals surface area (Å²) in [5.41, 5.74) is 3.77. The van der Waals surface area contributed by atoms with E-state index in [0.29, 0.717) is 5.92 Å². The molecule has 2 nitrogen and oxygen atoms in total. The molecule has 0 spiro atoms. The van der Waals surface area contributed by atoms with E-state index in [2.05, 4.69) is 51.2 Å². The molecule has 3 atom stereocenters. The molecule has 0 radical (unpaired) electrons. The molecule has 0 aromatic heterocycles. The number of carbonyl (C=O) groups excluding carboxylic acids is 1. The number of nitrogens with one attached hydrogen (secondary N) is 1. The SMILES string of the molecule is Cc1ccc([C@H](C)NC(=O)[C@@H]2C[C@H]2C)cc1C. The number of hydrogen-bond donors (Lipinski definition) is 1. The Labute approximate surface area is 103 Å². The molecular weight excluding hydrogens is 210 g/mol. The third-order valence-electron chi connectivity index (χ3n) is 3.84. The van der Waals surface area contributed by atoms with Crippen LogP contribution in [-0.2, 0) is 4.79 Å². The summed E-state index contributed by atoms with van der Waals surface area (Å²) in [4.78, 5) is 11.8. The van der Waals surface area contributed by atoms with Gasteiger partial charge >= 0.3 is 0 Å². The van der Waals surface area contributed by atoms with Crippen LogP contribution in [0.4, 0.5) is 0 Å². The van der Waals surface area contributed by atoms with Gasteiger partial charge in [0.25, 0.3) is 0 Å². The molecule has 17 heavy (non-hydrogen) atoms. The summed E-state index contributed by atoms with van der Waals surface area (Å²) in [6, 6.07) is 6.49. The standard InChI is InChI=1S/C15H21NO/c1-9-5-6-13(7-10(9)2)12(4)16-15(17)14-8-11(14)3/h5-7,11-12,14H,8H2,1-4H3,(H,16,17)/t11-,12+,14-/m1/s1. The number of benzene rings is 1. The third-order valence-corrected chi connectivity index (χ3v) is 3.84. The van der Waals surface area contributed by atoms with Crippen molar-refractivity contribution in [3.63, 3.8) is 0 Å². The molecule has 1 N–H and O–H groups in total. The second-order valence-electron chi connectivity index (χ2n) is 5.39. The van der Waals surface area contributed by atoms with Crippen molar-refractivity contribution >= 4 is 5.91 Å². The first-order chi connectivity index (χ1) is 7.99. The van der Waals surface area contributed by atoms with E-state index in [4.69, 9.17) is 0 Å². The Balaban J connectivity index is 2.01. The number of aryl methyl sites for hydroxylation is 2.